The second-order valence-corrected chi connectivity index (χ2v) is 5.79. The lowest BCUT2D eigenvalue weighted by atomic mass is 10.2. The SMILES string of the molecule is CN(Cc1ccccc1Cl)c1nc(N)nc2sccc12. The molecule has 2 N–H and O–H groups in total. The first-order valence-corrected chi connectivity index (χ1v) is 7.36. The first-order valence-electron chi connectivity index (χ1n) is 6.10. The lowest BCUT2D eigenvalue weighted by molar-refractivity contribution is 0.903. The predicted octanol–water partition coefficient (Wildman–Crippen LogP) is 3.56. The van der Waals surface area contributed by atoms with Gasteiger partial charge in [-0.25, -0.2) is 4.98 Å². The molecule has 102 valence electrons. The van der Waals surface area contributed by atoms with Crippen LogP contribution in [0.3, 0.4) is 0 Å². The molecule has 0 spiro atoms. The number of hydrogen-bond donors (Lipinski definition) is 1. The van der Waals surface area contributed by atoms with E-state index in [4.69, 9.17) is 17.3 Å². The Kier molecular flexibility index (Phi) is 3.46. The van der Waals surface area contributed by atoms with Crippen LogP contribution in [0.2, 0.25) is 5.02 Å². The van der Waals surface area contributed by atoms with E-state index in [1.807, 2.05) is 47.7 Å². The van der Waals surface area contributed by atoms with Gasteiger partial charge in [0.1, 0.15) is 10.6 Å². The number of halogens is 1. The van der Waals surface area contributed by atoms with Gasteiger partial charge in [0, 0.05) is 18.6 Å². The molecule has 0 aliphatic heterocycles. The van der Waals surface area contributed by atoms with Crippen molar-refractivity contribution in [3.05, 3.63) is 46.3 Å². The van der Waals surface area contributed by atoms with E-state index in [2.05, 4.69) is 9.97 Å². The van der Waals surface area contributed by atoms with Crippen molar-refractivity contribution in [1.29, 1.82) is 0 Å². The molecular formula is C14H13ClN4S. The fourth-order valence-electron chi connectivity index (χ4n) is 2.10. The summed E-state index contributed by atoms with van der Waals surface area (Å²) >= 11 is 7.76. The average Bonchev–Trinajstić information content (AvgIpc) is 2.88. The van der Waals surface area contributed by atoms with Crippen molar-refractivity contribution in [3.63, 3.8) is 0 Å². The van der Waals surface area contributed by atoms with E-state index in [0.717, 1.165) is 26.6 Å². The summed E-state index contributed by atoms with van der Waals surface area (Å²) < 4.78 is 0. The Bertz CT molecular complexity index is 756. The largest absolute Gasteiger partial charge is 0.368 e. The van der Waals surface area contributed by atoms with Crippen LogP contribution in [0.4, 0.5) is 11.8 Å². The number of rotatable bonds is 3. The van der Waals surface area contributed by atoms with Gasteiger partial charge >= 0.3 is 0 Å². The fraction of sp³-hybridized carbons (Fsp3) is 0.143. The molecule has 0 saturated heterocycles. The third kappa shape index (κ3) is 2.42. The maximum absolute atomic E-state index is 6.20. The summed E-state index contributed by atoms with van der Waals surface area (Å²) in [5.41, 5.74) is 6.83. The zero-order valence-corrected chi connectivity index (χ0v) is 12.4. The highest BCUT2D eigenvalue weighted by Gasteiger charge is 2.12. The molecular weight excluding hydrogens is 292 g/mol. The molecule has 2 heterocycles. The topological polar surface area (TPSA) is 55.0 Å². The first kappa shape index (κ1) is 13.1. The Labute approximate surface area is 125 Å². The van der Waals surface area contributed by atoms with Crippen LogP contribution in [0.1, 0.15) is 5.56 Å². The number of nitrogens with two attached hydrogens (primary N) is 1. The Morgan fingerprint density at radius 3 is 2.85 bits per heavy atom. The van der Waals surface area contributed by atoms with Crippen molar-refractivity contribution < 1.29 is 0 Å². The van der Waals surface area contributed by atoms with E-state index in [-0.39, 0.29) is 0 Å². The Hall–Kier alpha value is -1.85. The number of hydrogen-bond acceptors (Lipinski definition) is 5. The minimum Gasteiger partial charge on any atom is -0.368 e. The minimum absolute atomic E-state index is 0.293. The second-order valence-electron chi connectivity index (χ2n) is 4.49. The number of nitrogens with zero attached hydrogens (tertiary/aromatic N) is 3. The zero-order chi connectivity index (χ0) is 14.1. The van der Waals surface area contributed by atoms with Gasteiger partial charge in [0.2, 0.25) is 5.95 Å². The highest BCUT2D eigenvalue weighted by molar-refractivity contribution is 7.16. The van der Waals surface area contributed by atoms with Gasteiger partial charge in [0.25, 0.3) is 0 Å². The van der Waals surface area contributed by atoms with Gasteiger partial charge in [-0.2, -0.15) is 4.98 Å². The number of anilines is 2. The Morgan fingerprint density at radius 2 is 2.05 bits per heavy atom. The number of nitrogen functional groups attached to an aromatic ring is 1. The van der Waals surface area contributed by atoms with E-state index in [0.29, 0.717) is 12.5 Å². The lowest BCUT2D eigenvalue weighted by Crippen LogP contribution is -2.19. The summed E-state index contributed by atoms with van der Waals surface area (Å²) in [6.45, 7) is 0.668. The summed E-state index contributed by atoms with van der Waals surface area (Å²) in [5, 5.41) is 3.76. The summed E-state index contributed by atoms with van der Waals surface area (Å²) in [5.74, 6) is 1.12. The van der Waals surface area contributed by atoms with Gasteiger partial charge in [0.05, 0.1) is 5.39 Å². The summed E-state index contributed by atoms with van der Waals surface area (Å²) in [4.78, 5) is 11.5. The van der Waals surface area contributed by atoms with E-state index < -0.39 is 0 Å². The van der Waals surface area contributed by atoms with Crippen molar-refractivity contribution in [3.8, 4) is 0 Å². The summed E-state index contributed by atoms with van der Waals surface area (Å²) in [6, 6.07) is 9.81. The maximum Gasteiger partial charge on any atom is 0.223 e. The van der Waals surface area contributed by atoms with Crippen molar-refractivity contribution in [2.24, 2.45) is 0 Å². The van der Waals surface area contributed by atoms with Crippen LogP contribution in [-0.4, -0.2) is 17.0 Å². The quantitative estimate of drug-likeness (QED) is 0.804. The zero-order valence-electron chi connectivity index (χ0n) is 10.9. The number of aromatic nitrogens is 2. The molecule has 1 aromatic carbocycles. The summed E-state index contributed by atoms with van der Waals surface area (Å²) in [6.07, 6.45) is 0. The van der Waals surface area contributed by atoms with E-state index in [1.165, 1.54) is 0 Å². The molecule has 0 bridgehead atoms. The van der Waals surface area contributed by atoms with Crippen LogP contribution in [0.15, 0.2) is 35.7 Å². The predicted molar refractivity (Wildman–Crippen MR) is 85.4 cm³/mol. The van der Waals surface area contributed by atoms with Gasteiger partial charge in [-0.05, 0) is 23.1 Å². The first-order chi connectivity index (χ1) is 9.65. The summed E-state index contributed by atoms with van der Waals surface area (Å²) in [7, 11) is 1.97. The highest BCUT2D eigenvalue weighted by Crippen LogP contribution is 2.29. The Morgan fingerprint density at radius 1 is 1.25 bits per heavy atom. The molecule has 6 heteroatoms. The molecule has 0 aliphatic carbocycles. The minimum atomic E-state index is 0.293. The van der Waals surface area contributed by atoms with Crippen LogP contribution in [-0.2, 0) is 6.54 Å². The molecule has 0 aliphatic rings. The number of thiophene rings is 1. The smallest absolute Gasteiger partial charge is 0.223 e. The van der Waals surface area contributed by atoms with Gasteiger partial charge in [-0.15, -0.1) is 11.3 Å². The third-order valence-corrected chi connectivity index (χ3v) is 4.22. The molecule has 0 fully saturated rings. The van der Waals surface area contributed by atoms with Crippen molar-refractivity contribution >= 4 is 44.9 Å². The lowest BCUT2D eigenvalue weighted by Gasteiger charge is -2.19. The Balaban J connectivity index is 1.98. The standard InChI is InChI=1S/C14H13ClN4S/c1-19(8-9-4-2-3-5-11(9)15)12-10-6-7-20-13(10)18-14(16)17-12/h2-7H,8H2,1H3,(H2,16,17,18). The van der Waals surface area contributed by atoms with Gasteiger partial charge < -0.3 is 10.6 Å². The van der Waals surface area contributed by atoms with Crippen molar-refractivity contribution in [2.75, 3.05) is 17.7 Å². The fourth-order valence-corrected chi connectivity index (χ4v) is 3.06. The van der Waals surface area contributed by atoms with Crippen LogP contribution in [0.5, 0.6) is 0 Å². The molecule has 20 heavy (non-hydrogen) atoms. The van der Waals surface area contributed by atoms with Crippen LogP contribution >= 0.6 is 22.9 Å². The van der Waals surface area contributed by atoms with Gasteiger partial charge in [0.15, 0.2) is 0 Å². The molecule has 0 saturated carbocycles. The normalized spacial score (nSPS) is 10.9. The monoisotopic (exact) mass is 304 g/mol. The molecule has 3 rings (SSSR count). The molecule has 0 amide bonds. The highest BCUT2D eigenvalue weighted by atomic mass is 35.5. The molecule has 0 atom stereocenters. The average molecular weight is 305 g/mol. The van der Waals surface area contributed by atoms with E-state index >= 15 is 0 Å². The number of benzene rings is 1. The van der Waals surface area contributed by atoms with E-state index in [1.54, 1.807) is 11.3 Å². The van der Waals surface area contributed by atoms with Crippen molar-refractivity contribution in [1.82, 2.24) is 9.97 Å². The van der Waals surface area contributed by atoms with Crippen LogP contribution in [0, 0.1) is 0 Å². The van der Waals surface area contributed by atoms with Crippen LogP contribution in [0.25, 0.3) is 10.2 Å². The molecule has 4 nitrogen and oxygen atoms in total. The molecule has 0 unspecified atom stereocenters. The molecule has 0 radical (unpaired) electrons. The molecule has 3 aromatic rings. The van der Waals surface area contributed by atoms with Gasteiger partial charge in [-0.3, -0.25) is 0 Å². The number of fused-ring (bicyclic) bond motifs is 1. The van der Waals surface area contributed by atoms with Crippen LogP contribution < -0.4 is 10.6 Å². The van der Waals surface area contributed by atoms with Crippen molar-refractivity contribution in [2.45, 2.75) is 6.54 Å². The molecule has 2 aromatic heterocycles. The third-order valence-electron chi connectivity index (χ3n) is 3.05. The maximum atomic E-state index is 6.20. The van der Waals surface area contributed by atoms with E-state index in [9.17, 15) is 0 Å². The second kappa shape index (κ2) is 5.26. The van der Waals surface area contributed by atoms with Gasteiger partial charge in [-0.1, -0.05) is 29.8 Å².